The third-order valence-corrected chi connectivity index (χ3v) is 3.29. The standard InChI is InChI=1S/C13H22BrNO6/c1-3-5-19-12-10(15-8(2)17)13(20-6-4-14)21-11(12)9(18)7-16/h3,9-13,16,18H,1,4-7H2,2H3,(H,15,17)/t9-,10-,11-,12-,13-/m1/s1. The quantitative estimate of drug-likeness (QED) is 0.377. The van der Waals surface area contributed by atoms with Crippen molar-refractivity contribution in [2.24, 2.45) is 0 Å². The molecule has 7 nitrogen and oxygen atoms in total. The van der Waals surface area contributed by atoms with Crippen LogP contribution in [0.2, 0.25) is 0 Å². The Labute approximate surface area is 132 Å². The summed E-state index contributed by atoms with van der Waals surface area (Å²) in [6.45, 7) is 5.06. The Morgan fingerprint density at radius 3 is 2.81 bits per heavy atom. The second kappa shape index (κ2) is 9.50. The van der Waals surface area contributed by atoms with Crippen molar-refractivity contribution in [1.29, 1.82) is 0 Å². The van der Waals surface area contributed by atoms with Gasteiger partial charge >= 0.3 is 0 Å². The van der Waals surface area contributed by atoms with Crippen molar-refractivity contribution in [3.8, 4) is 0 Å². The molecule has 8 heteroatoms. The van der Waals surface area contributed by atoms with Crippen LogP contribution in [0.1, 0.15) is 6.92 Å². The monoisotopic (exact) mass is 367 g/mol. The molecular formula is C13H22BrNO6. The highest BCUT2D eigenvalue weighted by Crippen LogP contribution is 2.27. The van der Waals surface area contributed by atoms with Crippen LogP contribution in [-0.2, 0) is 19.0 Å². The van der Waals surface area contributed by atoms with Crippen LogP contribution in [-0.4, -0.2) is 71.9 Å². The van der Waals surface area contributed by atoms with E-state index in [1.807, 2.05) is 0 Å². The summed E-state index contributed by atoms with van der Waals surface area (Å²) in [4.78, 5) is 11.4. The fraction of sp³-hybridized carbons (Fsp3) is 0.769. The van der Waals surface area contributed by atoms with E-state index in [0.29, 0.717) is 11.9 Å². The third-order valence-electron chi connectivity index (χ3n) is 2.96. The highest BCUT2D eigenvalue weighted by atomic mass is 79.9. The average molecular weight is 368 g/mol. The van der Waals surface area contributed by atoms with Crippen LogP contribution in [0.5, 0.6) is 0 Å². The van der Waals surface area contributed by atoms with Gasteiger partial charge < -0.3 is 29.7 Å². The van der Waals surface area contributed by atoms with Gasteiger partial charge in [-0.1, -0.05) is 22.0 Å². The van der Waals surface area contributed by atoms with E-state index in [1.165, 1.54) is 6.92 Å². The minimum absolute atomic E-state index is 0.226. The molecule has 21 heavy (non-hydrogen) atoms. The van der Waals surface area contributed by atoms with Gasteiger partial charge in [-0.15, -0.1) is 6.58 Å². The molecule has 122 valence electrons. The molecule has 0 saturated carbocycles. The van der Waals surface area contributed by atoms with Gasteiger partial charge in [0.05, 0.1) is 19.8 Å². The van der Waals surface area contributed by atoms with E-state index in [2.05, 4.69) is 27.8 Å². The molecular weight excluding hydrogens is 346 g/mol. The molecule has 0 aromatic carbocycles. The Morgan fingerprint density at radius 2 is 2.29 bits per heavy atom. The van der Waals surface area contributed by atoms with Crippen LogP contribution in [0.15, 0.2) is 12.7 Å². The molecule has 5 atom stereocenters. The van der Waals surface area contributed by atoms with Gasteiger partial charge in [-0.25, -0.2) is 0 Å². The summed E-state index contributed by atoms with van der Waals surface area (Å²) in [5.74, 6) is -0.262. The summed E-state index contributed by atoms with van der Waals surface area (Å²) >= 11 is 3.24. The van der Waals surface area contributed by atoms with Crippen molar-refractivity contribution in [3.05, 3.63) is 12.7 Å². The van der Waals surface area contributed by atoms with Crippen LogP contribution in [0.4, 0.5) is 0 Å². The predicted octanol–water partition coefficient (Wildman–Crippen LogP) is -0.448. The van der Waals surface area contributed by atoms with Crippen molar-refractivity contribution >= 4 is 21.8 Å². The van der Waals surface area contributed by atoms with Gasteiger partial charge in [-0.2, -0.15) is 0 Å². The van der Waals surface area contributed by atoms with Crippen LogP contribution < -0.4 is 5.32 Å². The van der Waals surface area contributed by atoms with Gasteiger partial charge in [0, 0.05) is 12.3 Å². The number of alkyl halides is 1. The molecule has 0 aliphatic carbocycles. The summed E-state index contributed by atoms with van der Waals surface area (Å²) in [6, 6.07) is -0.576. The van der Waals surface area contributed by atoms with E-state index >= 15 is 0 Å². The molecule has 3 N–H and O–H groups in total. The molecule has 1 rings (SSSR count). The van der Waals surface area contributed by atoms with Gasteiger partial charge in [0.1, 0.15) is 24.4 Å². The largest absolute Gasteiger partial charge is 0.394 e. The maximum absolute atomic E-state index is 11.4. The lowest BCUT2D eigenvalue weighted by Crippen LogP contribution is -2.50. The van der Waals surface area contributed by atoms with Crippen molar-refractivity contribution in [2.75, 3.05) is 25.2 Å². The third kappa shape index (κ3) is 5.32. The van der Waals surface area contributed by atoms with E-state index in [0.717, 1.165) is 0 Å². The second-order valence-corrected chi connectivity index (χ2v) is 5.38. The van der Waals surface area contributed by atoms with Crippen molar-refractivity contribution in [3.63, 3.8) is 0 Å². The Hall–Kier alpha value is -0.510. The van der Waals surface area contributed by atoms with Crippen LogP contribution in [0.25, 0.3) is 0 Å². The summed E-state index contributed by atoms with van der Waals surface area (Å²) in [7, 11) is 0. The van der Waals surface area contributed by atoms with Crippen molar-refractivity contribution < 1.29 is 29.2 Å². The molecule has 0 spiro atoms. The molecule has 1 aliphatic heterocycles. The van der Waals surface area contributed by atoms with Crippen LogP contribution >= 0.6 is 15.9 Å². The Balaban J connectivity index is 2.88. The molecule has 0 unspecified atom stereocenters. The maximum atomic E-state index is 11.4. The molecule has 1 fully saturated rings. The zero-order chi connectivity index (χ0) is 15.8. The zero-order valence-electron chi connectivity index (χ0n) is 11.9. The fourth-order valence-electron chi connectivity index (χ4n) is 2.16. The highest BCUT2D eigenvalue weighted by Gasteiger charge is 2.49. The second-order valence-electron chi connectivity index (χ2n) is 4.59. The van der Waals surface area contributed by atoms with Crippen LogP contribution in [0.3, 0.4) is 0 Å². The number of carbonyl (C=O) groups is 1. The molecule has 1 aliphatic rings. The number of halogens is 1. The SMILES string of the molecule is C=CCO[C@@H]1[C@@H](NC(C)=O)[C@H](OCCBr)O[C@@H]1[C@H](O)CO. The first-order valence-electron chi connectivity index (χ1n) is 6.66. The van der Waals surface area contributed by atoms with Gasteiger partial charge in [0.25, 0.3) is 0 Å². The van der Waals surface area contributed by atoms with E-state index in [4.69, 9.17) is 19.3 Å². The van der Waals surface area contributed by atoms with Crippen molar-refractivity contribution in [2.45, 2.75) is 37.6 Å². The smallest absolute Gasteiger partial charge is 0.217 e. The first kappa shape index (κ1) is 18.5. The summed E-state index contributed by atoms with van der Waals surface area (Å²) in [5, 5.41) is 22.3. The fourth-order valence-corrected chi connectivity index (χ4v) is 2.34. The molecule has 0 aromatic rings. The number of nitrogens with one attached hydrogen (secondary N) is 1. The predicted molar refractivity (Wildman–Crippen MR) is 79.0 cm³/mol. The van der Waals surface area contributed by atoms with E-state index in [-0.39, 0.29) is 12.5 Å². The molecule has 0 radical (unpaired) electrons. The lowest BCUT2D eigenvalue weighted by atomic mass is 10.0. The van der Waals surface area contributed by atoms with E-state index in [9.17, 15) is 9.90 Å². The lowest BCUT2D eigenvalue weighted by Gasteiger charge is -2.25. The molecule has 0 bridgehead atoms. The number of rotatable bonds is 9. The van der Waals surface area contributed by atoms with Gasteiger partial charge in [0.2, 0.25) is 5.91 Å². The maximum Gasteiger partial charge on any atom is 0.217 e. The molecule has 0 aromatic heterocycles. The normalized spacial score (nSPS) is 30.1. The first-order chi connectivity index (χ1) is 10.0. The van der Waals surface area contributed by atoms with Gasteiger partial charge in [-0.3, -0.25) is 4.79 Å². The van der Waals surface area contributed by atoms with Crippen molar-refractivity contribution in [1.82, 2.24) is 5.32 Å². The number of carbonyl (C=O) groups excluding carboxylic acids is 1. The van der Waals surface area contributed by atoms with Gasteiger partial charge in [0.15, 0.2) is 6.29 Å². The lowest BCUT2D eigenvalue weighted by molar-refractivity contribution is -0.166. The number of ether oxygens (including phenoxy) is 3. The highest BCUT2D eigenvalue weighted by molar-refractivity contribution is 9.09. The number of aliphatic hydroxyl groups is 2. The first-order valence-corrected chi connectivity index (χ1v) is 7.78. The van der Waals surface area contributed by atoms with Crippen LogP contribution in [0, 0.1) is 0 Å². The van der Waals surface area contributed by atoms with Gasteiger partial charge in [-0.05, 0) is 0 Å². The number of amides is 1. The summed E-state index contributed by atoms with van der Waals surface area (Å²) in [6.07, 6.45) is -1.78. The Morgan fingerprint density at radius 1 is 1.57 bits per heavy atom. The average Bonchev–Trinajstić information content (AvgIpc) is 2.79. The number of hydrogen-bond acceptors (Lipinski definition) is 6. The Bertz CT molecular complexity index is 343. The number of hydrogen-bond donors (Lipinski definition) is 3. The number of aliphatic hydroxyl groups excluding tert-OH is 2. The molecule has 1 saturated heterocycles. The zero-order valence-corrected chi connectivity index (χ0v) is 13.5. The molecule has 1 heterocycles. The van der Waals surface area contributed by atoms with E-state index < -0.39 is 37.3 Å². The molecule has 1 amide bonds. The Kier molecular flexibility index (Phi) is 8.38. The summed E-state index contributed by atoms with van der Waals surface area (Å²) < 4.78 is 16.7. The minimum Gasteiger partial charge on any atom is -0.394 e. The van der Waals surface area contributed by atoms with E-state index in [1.54, 1.807) is 6.08 Å². The minimum atomic E-state index is -1.13. The topological polar surface area (TPSA) is 97.3 Å². The summed E-state index contributed by atoms with van der Waals surface area (Å²) in [5.41, 5.74) is 0.